The first kappa shape index (κ1) is 14.1. The highest BCUT2D eigenvalue weighted by atomic mass is 35.5. The standard InChI is InChI=1S/C16H13ClN2O/c17-15-8-4-9-16(14(15)12-20)19(11-5-10-18)13-6-2-1-3-7-13/h1-4,6-9,12H,5,11H2. The second kappa shape index (κ2) is 6.74. The molecule has 4 heteroatoms. The maximum atomic E-state index is 11.3. The Balaban J connectivity index is 2.50. The van der Waals surface area contributed by atoms with Crippen LogP contribution in [0.1, 0.15) is 16.8 Å². The third-order valence-electron chi connectivity index (χ3n) is 2.95. The Morgan fingerprint density at radius 1 is 1.15 bits per heavy atom. The summed E-state index contributed by atoms with van der Waals surface area (Å²) in [5.41, 5.74) is 2.08. The quantitative estimate of drug-likeness (QED) is 0.773. The summed E-state index contributed by atoms with van der Waals surface area (Å²) in [5, 5.41) is 9.23. The first-order valence-electron chi connectivity index (χ1n) is 6.21. The van der Waals surface area contributed by atoms with E-state index in [4.69, 9.17) is 16.9 Å². The lowest BCUT2D eigenvalue weighted by molar-refractivity contribution is 0.112. The van der Waals surface area contributed by atoms with Gasteiger partial charge >= 0.3 is 0 Å². The molecule has 0 aromatic heterocycles. The second-order valence-electron chi connectivity index (χ2n) is 4.19. The van der Waals surface area contributed by atoms with Crippen molar-refractivity contribution in [2.75, 3.05) is 11.4 Å². The summed E-state index contributed by atoms with van der Waals surface area (Å²) in [6.45, 7) is 0.502. The van der Waals surface area contributed by atoms with E-state index < -0.39 is 0 Å². The molecule has 2 aromatic rings. The van der Waals surface area contributed by atoms with Crippen molar-refractivity contribution in [1.29, 1.82) is 5.26 Å². The second-order valence-corrected chi connectivity index (χ2v) is 4.59. The topological polar surface area (TPSA) is 44.1 Å². The van der Waals surface area contributed by atoms with Crippen molar-refractivity contribution in [1.82, 2.24) is 0 Å². The van der Waals surface area contributed by atoms with Gasteiger partial charge in [-0.25, -0.2) is 0 Å². The average Bonchev–Trinajstić information content (AvgIpc) is 2.49. The molecule has 0 unspecified atom stereocenters. The lowest BCUT2D eigenvalue weighted by Crippen LogP contribution is -2.19. The van der Waals surface area contributed by atoms with Crippen molar-refractivity contribution in [2.24, 2.45) is 0 Å². The zero-order chi connectivity index (χ0) is 14.4. The highest BCUT2D eigenvalue weighted by Crippen LogP contribution is 2.31. The summed E-state index contributed by atoms with van der Waals surface area (Å²) >= 11 is 6.07. The number of nitriles is 1. The SMILES string of the molecule is N#CCCN(c1ccccc1)c1cccc(Cl)c1C=O. The first-order valence-corrected chi connectivity index (χ1v) is 6.59. The number of nitrogens with zero attached hydrogens (tertiary/aromatic N) is 2. The lowest BCUT2D eigenvalue weighted by atomic mass is 10.1. The Morgan fingerprint density at radius 2 is 1.90 bits per heavy atom. The Morgan fingerprint density at radius 3 is 2.55 bits per heavy atom. The van der Waals surface area contributed by atoms with Gasteiger partial charge in [0.1, 0.15) is 0 Å². The average molecular weight is 285 g/mol. The van der Waals surface area contributed by atoms with Gasteiger partial charge in [0.2, 0.25) is 0 Å². The Hall–Kier alpha value is -2.31. The van der Waals surface area contributed by atoms with Crippen molar-refractivity contribution in [3.8, 4) is 6.07 Å². The molecule has 20 heavy (non-hydrogen) atoms. The summed E-state index contributed by atoms with van der Waals surface area (Å²) in [6.07, 6.45) is 1.11. The minimum atomic E-state index is 0.361. The molecule has 0 aliphatic rings. The highest BCUT2D eigenvalue weighted by molar-refractivity contribution is 6.33. The number of para-hydroxylation sites is 1. The van der Waals surface area contributed by atoms with Crippen LogP contribution in [-0.4, -0.2) is 12.8 Å². The number of hydrogen-bond donors (Lipinski definition) is 0. The van der Waals surface area contributed by atoms with E-state index in [0.29, 0.717) is 29.2 Å². The molecular weight excluding hydrogens is 272 g/mol. The van der Waals surface area contributed by atoms with Crippen molar-refractivity contribution in [3.63, 3.8) is 0 Å². The summed E-state index contributed by atoms with van der Waals surface area (Å²) in [7, 11) is 0. The van der Waals surface area contributed by atoms with E-state index in [0.717, 1.165) is 12.0 Å². The van der Waals surface area contributed by atoms with Crippen LogP contribution in [0.3, 0.4) is 0 Å². The van der Waals surface area contributed by atoms with Gasteiger partial charge in [0.05, 0.1) is 28.8 Å². The van der Waals surface area contributed by atoms with E-state index >= 15 is 0 Å². The van der Waals surface area contributed by atoms with E-state index in [1.165, 1.54) is 0 Å². The molecule has 0 radical (unpaired) electrons. The Labute approximate surface area is 123 Å². The van der Waals surface area contributed by atoms with Crippen LogP contribution in [0.2, 0.25) is 5.02 Å². The van der Waals surface area contributed by atoms with Crippen molar-refractivity contribution < 1.29 is 4.79 Å². The predicted octanol–water partition coefficient (Wildman–Crippen LogP) is 4.20. The number of halogens is 1. The third kappa shape index (κ3) is 2.98. The fourth-order valence-corrected chi connectivity index (χ4v) is 2.25. The van der Waals surface area contributed by atoms with E-state index in [2.05, 4.69) is 6.07 Å². The van der Waals surface area contributed by atoms with Crippen LogP contribution in [0, 0.1) is 11.3 Å². The zero-order valence-electron chi connectivity index (χ0n) is 10.8. The van der Waals surface area contributed by atoms with Gasteiger partial charge in [0.15, 0.2) is 6.29 Å². The van der Waals surface area contributed by atoms with Gasteiger partial charge < -0.3 is 4.90 Å². The molecule has 0 amide bonds. The fourth-order valence-electron chi connectivity index (χ4n) is 2.04. The molecule has 0 atom stereocenters. The Bertz CT molecular complexity index is 635. The van der Waals surface area contributed by atoms with Gasteiger partial charge in [-0.05, 0) is 24.3 Å². The molecule has 0 saturated carbocycles. The van der Waals surface area contributed by atoms with Crippen LogP contribution in [0.25, 0.3) is 0 Å². The van der Waals surface area contributed by atoms with Gasteiger partial charge in [-0.15, -0.1) is 0 Å². The van der Waals surface area contributed by atoms with E-state index in [9.17, 15) is 4.79 Å². The summed E-state index contributed by atoms with van der Waals surface area (Å²) in [6, 6.07) is 17.1. The number of anilines is 2. The molecular formula is C16H13ClN2O. The van der Waals surface area contributed by atoms with Gasteiger partial charge in [-0.2, -0.15) is 5.26 Å². The largest absolute Gasteiger partial charge is 0.340 e. The van der Waals surface area contributed by atoms with Crippen LogP contribution in [0.15, 0.2) is 48.5 Å². The molecule has 0 fully saturated rings. The predicted molar refractivity (Wildman–Crippen MR) is 80.5 cm³/mol. The minimum Gasteiger partial charge on any atom is -0.340 e. The molecule has 0 aliphatic heterocycles. The van der Waals surface area contributed by atoms with E-state index in [-0.39, 0.29) is 0 Å². The smallest absolute Gasteiger partial charge is 0.153 e. The van der Waals surface area contributed by atoms with Crippen LogP contribution in [0.5, 0.6) is 0 Å². The third-order valence-corrected chi connectivity index (χ3v) is 3.28. The number of carbonyl (C=O) groups is 1. The van der Waals surface area contributed by atoms with Crippen molar-refractivity contribution >= 4 is 29.3 Å². The monoisotopic (exact) mass is 284 g/mol. The van der Waals surface area contributed by atoms with Crippen LogP contribution in [-0.2, 0) is 0 Å². The molecule has 0 heterocycles. The summed E-state index contributed by atoms with van der Waals surface area (Å²) in [5.74, 6) is 0. The summed E-state index contributed by atoms with van der Waals surface area (Å²) < 4.78 is 0. The molecule has 3 nitrogen and oxygen atoms in total. The van der Waals surface area contributed by atoms with Crippen LogP contribution in [0.4, 0.5) is 11.4 Å². The molecule has 2 rings (SSSR count). The number of carbonyl (C=O) groups excluding carboxylic acids is 1. The fraction of sp³-hybridized carbons (Fsp3) is 0.125. The number of benzene rings is 2. The number of aldehydes is 1. The maximum Gasteiger partial charge on any atom is 0.153 e. The molecule has 100 valence electrons. The van der Waals surface area contributed by atoms with Gasteiger partial charge in [-0.3, -0.25) is 4.79 Å². The molecule has 0 spiro atoms. The van der Waals surface area contributed by atoms with Crippen LogP contribution >= 0.6 is 11.6 Å². The minimum absolute atomic E-state index is 0.361. The first-order chi connectivity index (χ1) is 9.77. The van der Waals surface area contributed by atoms with Gasteiger partial charge in [-0.1, -0.05) is 35.9 Å². The van der Waals surface area contributed by atoms with Gasteiger partial charge in [0, 0.05) is 12.2 Å². The Kier molecular flexibility index (Phi) is 4.75. The molecule has 0 N–H and O–H groups in total. The lowest BCUT2D eigenvalue weighted by Gasteiger charge is -2.25. The zero-order valence-corrected chi connectivity index (χ0v) is 11.5. The number of rotatable bonds is 5. The van der Waals surface area contributed by atoms with E-state index in [1.807, 2.05) is 41.3 Å². The molecule has 0 bridgehead atoms. The summed E-state index contributed by atoms with van der Waals surface area (Å²) in [4.78, 5) is 13.2. The van der Waals surface area contributed by atoms with Crippen LogP contribution < -0.4 is 4.90 Å². The van der Waals surface area contributed by atoms with Gasteiger partial charge in [0.25, 0.3) is 0 Å². The van der Waals surface area contributed by atoms with Crippen molar-refractivity contribution in [3.05, 3.63) is 59.1 Å². The number of hydrogen-bond acceptors (Lipinski definition) is 3. The molecule has 2 aromatic carbocycles. The maximum absolute atomic E-state index is 11.3. The molecule has 0 saturated heterocycles. The normalized spacial score (nSPS) is 9.80. The molecule has 0 aliphatic carbocycles. The highest BCUT2D eigenvalue weighted by Gasteiger charge is 2.14. The van der Waals surface area contributed by atoms with E-state index in [1.54, 1.807) is 12.1 Å². The van der Waals surface area contributed by atoms with Crippen molar-refractivity contribution in [2.45, 2.75) is 6.42 Å².